The van der Waals surface area contributed by atoms with Gasteiger partial charge in [0, 0.05) is 32.9 Å². The molecule has 3 rings (SSSR count). The molecule has 1 saturated heterocycles. The van der Waals surface area contributed by atoms with E-state index in [2.05, 4.69) is 25.2 Å². The molecule has 0 unspecified atom stereocenters. The van der Waals surface area contributed by atoms with Crippen LogP contribution in [-0.4, -0.2) is 72.7 Å². The molecule has 0 aliphatic carbocycles. The quantitative estimate of drug-likeness (QED) is 0.859. The summed E-state index contributed by atoms with van der Waals surface area (Å²) in [6.07, 6.45) is 0. The number of aryl methyl sites for hydroxylation is 1. The minimum Gasteiger partial charge on any atom is -0.378 e. The summed E-state index contributed by atoms with van der Waals surface area (Å²) in [6, 6.07) is 1.99. The van der Waals surface area contributed by atoms with Gasteiger partial charge >= 0.3 is 0 Å². The van der Waals surface area contributed by atoms with E-state index in [0.29, 0.717) is 25.0 Å². The van der Waals surface area contributed by atoms with E-state index < -0.39 is 0 Å². The molecule has 0 atom stereocenters. The lowest BCUT2D eigenvalue weighted by atomic mass is 10.3. The van der Waals surface area contributed by atoms with E-state index in [4.69, 9.17) is 4.74 Å². The highest BCUT2D eigenvalue weighted by Gasteiger charge is 2.18. The van der Waals surface area contributed by atoms with Crippen molar-refractivity contribution >= 4 is 28.7 Å². The highest BCUT2D eigenvalue weighted by atomic mass is 16.5. The molecule has 0 spiro atoms. The molecule has 1 fully saturated rings. The molecular weight excluding hydrogens is 296 g/mol. The second kappa shape index (κ2) is 6.41. The van der Waals surface area contributed by atoms with Crippen molar-refractivity contribution in [3.8, 4) is 0 Å². The molecule has 0 saturated carbocycles. The number of carbonyl (C=O) groups is 1. The minimum atomic E-state index is -0.00283. The second-order valence-corrected chi connectivity index (χ2v) is 5.83. The normalized spacial score (nSPS) is 15.0. The molecule has 23 heavy (non-hydrogen) atoms. The number of aromatic nitrogens is 3. The van der Waals surface area contributed by atoms with Gasteiger partial charge in [0.2, 0.25) is 11.9 Å². The average Bonchev–Trinajstić information content (AvgIpc) is 2.93. The fourth-order valence-electron chi connectivity index (χ4n) is 2.49. The number of nitrogens with zero attached hydrogens (tertiary/aromatic N) is 4. The van der Waals surface area contributed by atoms with Crippen LogP contribution >= 0.6 is 0 Å². The zero-order valence-electron chi connectivity index (χ0n) is 13.7. The molecule has 0 radical (unpaired) electrons. The van der Waals surface area contributed by atoms with Crippen LogP contribution in [0.3, 0.4) is 0 Å². The lowest BCUT2D eigenvalue weighted by Crippen LogP contribution is -2.37. The zero-order chi connectivity index (χ0) is 16.4. The lowest BCUT2D eigenvalue weighted by Gasteiger charge is -2.27. The predicted octanol–water partition coefficient (Wildman–Crippen LogP) is 0.603. The van der Waals surface area contributed by atoms with Crippen LogP contribution in [0.1, 0.15) is 5.69 Å². The van der Waals surface area contributed by atoms with Gasteiger partial charge in [-0.2, -0.15) is 9.97 Å². The fraction of sp³-hybridized carbons (Fsp3) is 0.533. The van der Waals surface area contributed by atoms with Crippen molar-refractivity contribution in [3.63, 3.8) is 0 Å². The maximum Gasteiger partial charge on any atom is 0.241 e. The summed E-state index contributed by atoms with van der Waals surface area (Å²) in [6.45, 7) is 5.05. The fourth-order valence-corrected chi connectivity index (χ4v) is 2.49. The first kappa shape index (κ1) is 15.5. The number of H-pyrrole nitrogens is 1. The highest BCUT2D eigenvalue weighted by molar-refractivity contribution is 5.91. The Balaban J connectivity index is 1.91. The smallest absolute Gasteiger partial charge is 0.241 e. The van der Waals surface area contributed by atoms with Gasteiger partial charge in [0.25, 0.3) is 0 Å². The van der Waals surface area contributed by atoms with Crippen LogP contribution in [0.25, 0.3) is 11.0 Å². The number of anilines is 2. The Morgan fingerprint density at radius 3 is 2.83 bits per heavy atom. The Labute approximate surface area is 134 Å². The summed E-state index contributed by atoms with van der Waals surface area (Å²) >= 11 is 0. The van der Waals surface area contributed by atoms with Crippen LogP contribution in [0.5, 0.6) is 0 Å². The van der Waals surface area contributed by atoms with Crippen molar-refractivity contribution in [1.82, 2.24) is 19.9 Å². The molecule has 0 aromatic carbocycles. The molecule has 2 aromatic rings. The summed E-state index contributed by atoms with van der Waals surface area (Å²) in [5, 5.41) is 4.04. The summed E-state index contributed by atoms with van der Waals surface area (Å²) in [7, 11) is 3.47. The third kappa shape index (κ3) is 3.37. The van der Waals surface area contributed by atoms with Crippen molar-refractivity contribution in [2.24, 2.45) is 0 Å². The third-order valence-corrected chi connectivity index (χ3v) is 3.81. The number of morpholine rings is 1. The third-order valence-electron chi connectivity index (χ3n) is 3.81. The average molecular weight is 318 g/mol. The van der Waals surface area contributed by atoms with Crippen LogP contribution in [0.15, 0.2) is 6.07 Å². The molecular formula is C15H22N6O2. The van der Waals surface area contributed by atoms with Crippen molar-refractivity contribution in [3.05, 3.63) is 11.8 Å². The SMILES string of the molecule is Cc1cc2c(NCC(=O)N(C)C)nc(N3CCOCC3)nc2[nH]1. The van der Waals surface area contributed by atoms with Gasteiger partial charge in [0.1, 0.15) is 11.5 Å². The first-order valence-corrected chi connectivity index (χ1v) is 7.68. The van der Waals surface area contributed by atoms with Gasteiger partial charge in [-0.05, 0) is 13.0 Å². The van der Waals surface area contributed by atoms with Crippen LogP contribution in [0.4, 0.5) is 11.8 Å². The predicted molar refractivity (Wildman–Crippen MR) is 88.8 cm³/mol. The first-order valence-electron chi connectivity index (χ1n) is 7.68. The van der Waals surface area contributed by atoms with Crippen LogP contribution in [-0.2, 0) is 9.53 Å². The number of likely N-dealkylation sites (N-methyl/N-ethyl adjacent to an activating group) is 1. The standard InChI is InChI=1S/C15H22N6O2/c1-10-8-11-13(16-9-12(22)20(2)3)18-15(19-14(11)17-10)21-4-6-23-7-5-21/h8H,4-7,9H2,1-3H3,(H2,16,17,18,19). The Hall–Kier alpha value is -2.35. The van der Waals surface area contributed by atoms with Gasteiger partial charge in [0.15, 0.2) is 0 Å². The number of amides is 1. The van der Waals surface area contributed by atoms with Crippen molar-refractivity contribution in [2.45, 2.75) is 6.92 Å². The number of hydrogen-bond donors (Lipinski definition) is 2. The summed E-state index contributed by atoms with van der Waals surface area (Å²) < 4.78 is 5.38. The topological polar surface area (TPSA) is 86.4 Å². The molecule has 8 nitrogen and oxygen atoms in total. The van der Waals surface area contributed by atoms with E-state index in [1.807, 2.05) is 13.0 Å². The van der Waals surface area contributed by atoms with Crippen molar-refractivity contribution in [2.75, 3.05) is 57.2 Å². The molecule has 124 valence electrons. The number of nitrogens with one attached hydrogen (secondary N) is 2. The number of ether oxygens (including phenoxy) is 1. The molecule has 3 heterocycles. The second-order valence-electron chi connectivity index (χ2n) is 5.83. The van der Waals surface area contributed by atoms with Crippen molar-refractivity contribution < 1.29 is 9.53 Å². The molecule has 0 bridgehead atoms. The Morgan fingerprint density at radius 2 is 2.13 bits per heavy atom. The number of aromatic amines is 1. The molecule has 2 aromatic heterocycles. The van der Waals surface area contributed by atoms with Crippen LogP contribution in [0.2, 0.25) is 0 Å². The Kier molecular flexibility index (Phi) is 4.33. The number of carbonyl (C=O) groups excluding carboxylic acids is 1. The highest BCUT2D eigenvalue weighted by Crippen LogP contribution is 2.24. The summed E-state index contributed by atoms with van der Waals surface area (Å²) in [5.74, 6) is 1.33. The lowest BCUT2D eigenvalue weighted by molar-refractivity contribution is -0.126. The zero-order valence-corrected chi connectivity index (χ0v) is 13.7. The van der Waals surface area contributed by atoms with E-state index in [1.54, 1.807) is 19.0 Å². The van der Waals surface area contributed by atoms with E-state index in [0.717, 1.165) is 29.8 Å². The molecule has 1 aliphatic heterocycles. The van der Waals surface area contributed by atoms with Gasteiger partial charge in [-0.3, -0.25) is 4.79 Å². The molecule has 1 aliphatic rings. The maximum absolute atomic E-state index is 11.8. The number of fused-ring (bicyclic) bond motifs is 1. The molecule has 2 N–H and O–H groups in total. The summed E-state index contributed by atoms with van der Waals surface area (Å²) in [4.78, 5) is 28.0. The van der Waals surface area contributed by atoms with E-state index >= 15 is 0 Å². The van der Waals surface area contributed by atoms with E-state index in [9.17, 15) is 4.79 Å². The van der Waals surface area contributed by atoms with Crippen LogP contribution < -0.4 is 10.2 Å². The van der Waals surface area contributed by atoms with Gasteiger partial charge in [0.05, 0.1) is 25.1 Å². The number of rotatable bonds is 4. The van der Waals surface area contributed by atoms with Gasteiger partial charge in [-0.25, -0.2) is 0 Å². The van der Waals surface area contributed by atoms with E-state index in [-0.39, 0.29) is 12.5 Å². The molecule has 8 heteroatoms. The largest absolute Gasteiger partial charge is 0.378 e. The maximum atomic E-state index is 11.8. The Bertz CT molecular complexity index is 705. The minimum absolute atomic E-state index is 0.00283. The number of hydrogen-bond acceptors (Lipinski definition) is 6. The van der Waals surface area contributed by atoms with Gasteiger partial charge < -0.3 is 24.8 Å². The van der Waals surface area contributed by atoms with Crippen molar-refractivity contribution in [1.29, 1.82) is 0 Å². The van der Waals surface area contributed by atoms with E-state index in [1.165, 1.54) is 0 Å². The van der Waals surface area contributed by atoms with Gasteiger partial charge in [-0.1, -0.05) is 0 Å². The van der Waals surface area contributed by atoms with Gasteiger partial charge in [-0.15, -0.1) is 0 Å². The Morgan fingerprint density at radius 1 is 1.39 bits per heavy atom. The molecule has 1 amide bonds. The summed E-state index contributed by atoms with van der Waals surface area (Å²) in [5.41, 5.74) is 1.79. The first-order chi connectivity index (χ1) is 11.0. The monoisotopic (exact) mass is 318 g/mol. The van der Waals surface area contributed by atoms with Crippen LogP contribution in [0, 0.1) is 6.92 Å².